The molecule has 9 nitrogen and oxygen atoms in total. The van der Waals surface area contributed by atoms with Crippen molar-refractivity contribution in [3.05, 3.63) is 70.9 Å². The molecule has 0 radical (unpaired) electrons. The molecule has 0 atom stereocenters. The SMILES string of the molecule is CS(=O)(=O)c1cccc(NCc2cccnc2-n2ccnc2)c1[N+](=O)[O-]. The van der Waals surface area contributed by atoms with Crippen molar-refractivity contribution in [1.29, 1.82) is 0 Å². The first-order valence-electron chi connectivity index (χ1n) is 7.51. The van der Waals surface area contributed by atoms with Crippen LogP contribution in [0.15, 0.2) is 60.1 Å². The normalized spacial score (nSPS) is 11.3. The van der Waals surface area contributed by atoms with E-state index in [9.17, 15) is 18.5 Å². The topological polar surface area (TPSA) is 120 Å². The number of nitrogens with zero attached hydrogens (tertiary/aromatic N) is 4. The monoisotopic (exact) mass is 373 g/mol. The molecule has 0 unspecified atom stereocenters. The van der Waals surface area contributed by atoms with Gasteiger partial charge in [0.1, 0.15) is 22.7 Å². The Morgan fingerprint density at radius 1 is 1.23 bits per heavy atom. The van der Waals surface area contributed by atoms with Crippen LogP contribution in [0.1, 0.15) is 5.56 Å². The van der Waals surface area contributed by atoms with E-state index in [0.29, 0.717) is 5.82 Å². The number of nitro benzene ring substituents is 1. The number of benzene rings is 1. The lowest BCUT2D eigenvalue weighted by molar-refractivity contribution is -0.386. The standard InChI is InChI=1S/C16H15N5O4S/c1-26(24,25)14-6-2-5-13(15(14)21(22)23)19-10-12-4-3-7-18-16(12)20-9-8-17-11-20/h2-9,11,19H,10H2,1H3. The average Bonchev–Trinajstić information content (AvgIpc) is 3.13. The minimum Gasteiger partial charge on any atom is -0.375 e. The van der Waals surface area contributed by atoms with Gasteiger partial charge in [0.05, 0.1) is 4.92 Å². The number of anilines is 1. The number of nitro groups is 1. The maximum atomic E-state index is 11.8. The van der Waals surface area contributed by atoms with Gasteiger partial charge in [-0.3, -0.25) is 14.7 Å². The van der Waals surface area contributed by atoms with E-state index in [-0.39, 0.29) is 17.1 Å². The van der Waals surface area contributed by atoms with E-state index in [0.717, 1.165) is 11.8 Å². The molecular formula is C16H15N5O4S. The first-order valence-corrected chi connectivity index (χ1v) is 9.40. The van der Waals surface area contributed by atoms with Gasteiger partial charge in [-0.15, -0.1) is 0 Å². The number of rotatable bonds is 6. The van der Waals surface area contributed by atoms with E-state index in [1.165, 1.54) is 18.2 Å². The molecule has 3 rings (SSSR count). The minimum atomic E-state index is -3.73. The van der Waals surface area contributed by atoms with Gasteiger partial charge >= 0.3 is 5.69 Å². The number of aromatic nitrogens is 3. The molecule has 0 spiro atoms. The van der Waals surface area contributed by atoms with Crippen LogP contribution in [0, 0.1) is 10.1 Å². The lowest BCUT2D eigenvalue weighted by atomic mass is 10.2. The zero-order valence-corrected chi connectivity index (χ0v) is 14.5. The van der Waals surface area contributed by atoms with Crippen LogP contribution in [0.25, 0.3) is 5.82 Å². The third-order valence-corrected chi connectivity index (χ3v) is 4.80. The molecule has 0 aliphatic rings. The lowest BCUT2D eigenvalue weighted by Gasteiger charge is -2.12. The van der Waals surface area contributed by atoms with Crippen LogP contribution in [0.4, 0.5) is 11.4 Å². The fourth-order valence-corrected chi connectivity index (χ4v) is 3.39. The number of sulfone groups is 1. The average molecular weight is 373 g/mol. The van der Waals surface area contributed by atoms with Gasteiger partial charge in [-0.05, 0) is 18.2 Å². The first-order chi connectivity index (χ1) is 12.4. The molecule has 0 fully saturated rings. The number of nitrogens with one attached hydrogen (secondary N) is 1. The van der Waals surface area contributed by atoms with Crippen LogP contribution in [0.5, 0.6) is 0 Å². The van der Waals surface area contributed by atoms with Crippen molar-refractivity contribution in [2.75, 3.05) is 11.6 Å². The van der Waals surface area contributed by atoms with Gasteiger partial charge in [-0.2, -0.15) is 0 Å². The summed E-state index contributed by atoms with van der Waals surface area (Å²) >= 11 is 0. The van der Waals surface area contributed by atoms with Crippen molar-refractivity contribution in [2.45, 2.75) is 11.4 Å². The van der Waals surface area contributed by atoms with E-state index < -0.39 is 20.4 Å². The van der Waals surface area contributed by atoms with Crippen molar-refractivity contribution in [1.82, 2.24) is 14.5 Å². The maximum Gasteiger partial charge on any atom is 0.310 e. The van der Waals surface area contributed by atoms with Crippen molar-refractivity contribution in [3.8, 4) is 5.82 Å². The van der Waals surface area contributed by atoms with Crippen LogP contribution in [-0.2, 0) is 16.4 Å². The molecule has 134 valence electrons. The molecule has 1 aromatic carbocycles. The van der Waals surface area contributed by atoms with Gasteiger partial charge in [0.2, 0.25) is 0 Å². The highest BCUT2D eigenvalue weighted by Crippen LogP contribution is 2.32. The maximum absolute atomic E-state index is 11.8. The molecule has 0 saturated carbocycles. The highest BCUT2D eigenvalue weighted by molar-refractivity contribution is 7.90. The van der Waals surface area contributed by atoms with Crippen molar-refractivity contribution in [2.24, 2.45) is 0 Å². The Morgan fingerprint density at radius 2 is 2.04 bits per heavy atom. The number of imidazole rings is 1. The Kier molecular flexibility index (Phi) is 4.67. The largest absolute Gasteiger partial charge is 0.375 e. The molecule has 3 aromatic rings. The molecule has 0 saturated heterocycles. The summed E-state index contributed by atoms with van der Waals surface area (Å²) in [7, 11) is -3.73. The van der Waals surface area contributed by atoms with Crippen LogP contribution < -0.4 is 5.32 Å². The summed E-state index contributed by atoms with van der Waals surface area (Å²) < 4.78 is 25.4. The second-order valence-corrected chi connectivity index (χ2v) is 7.48. The van der Waals surface area contributed by atoms with E-state index in [1.54, 1.807) is 35.6 Å². The van der Waals surface area contributed by atoms with Crippen molar-refractivity contribution < 1.29 is 13.3 Å². The fourth-order valence-electron chi connectivity index (χ4n) is 2.53. The number of para-hydroxylation sites is 1. The van der Waals surface area contributed by atoms with E-state index in [1.807, 2.05) is 6.07 Å². The van der Waals surface area contributed by atoms with E-state index in [2.05, 4.69) is 15.3 Å². The zero-order valence-electron chi connectivity index (χ0n) is 13.7. The van der Waals surface area contributed by atoms with Gasteiger partial charge < -0.3 is 5.32 Å². The lowest BCUT2D eigenvalue weighted by Crippen LogP contribution is -2.09. The smallest absolute Gasteiger partial charge is 0.310 e. The predicted octanol–water partition coefficient (Wildman–Crippen LogP) is 2.19. The number of pyridine rings is 1. The molecule has 2 aromatic heterocycles. The second kappa shape index (κ2) is 6.92. The second-order valence-electron chi connectivity index (χ2n) is 5.49. The molecule has 10 heteroatoms. The summed E-state index contributed by atoms with van der Waals surface area (Å²) in [5, 5.41) is 14.4. The highest BCUT2D eigenvalue weighted by atomic mass is 32.2. The van der Waals surface area contributed by atoms with E-state index in [4.69, 9.17) is 0 Å². The predicted molar refractivity (Wildman–Crippen MR) is 94.9 cm³/mol. The first kappa shape index (κ1) is 17.5. The van der Waals surface area contributed by atoms with Gasteiger partial charge in [0.25, 0.3) is 0 Å². The molecule has 0 aliphatic carbocycles. The van der Waals surface area contributed by atoms with Gasteiger partial charge in [0, 0.05) is 37.0 Å². The summed E-state index contributed by atoms with van der Waals surface area (Å²) in [5.41, 5.74) is 0.422. The Morgan fingerprint density at radius 3 is 2.69 bits per heavy atom. The fraction of sp³-hybridized carbons (Fsp3) is 0.125. The molecule has 0 aliphatic heterocycles. The van der Waals surface area contributed by atoms with E-state index >= 15 is 0 Å². The molecule has 2 heterocycles. The van der Waals surface area contributed by atoms with Crippen molar-refractivity contribution in [3.63, 3.8) is 0 Å². The molecule has 0 amide bonds. The molecule has 26 heavy (non-hydrogen) atoms. The third kappa shape index (κ3) is 3.54. The minimum absolute atomic E-state index is 0.123. The molecule has 1 N–H and O–H groups in total. The Hall–Kier alpha value is -3.27. The molecule has 0 bridgehead atoms. The van der Waals surface area contributed by atoms with Crippen LogP contribution in [-0.4, -0.2) is 34.1 Å². The van der Waals surface area contributed by atoms with Gasteiger partial charge in [-0.25, -0.2) is 18.4 Å². The quantitative estimate of drug-likeness (QED) is 0.519. The Bertz CT molecular complexity index is 1050. The summed E-state index contributed by atoms with van der Waals surface area (Å²) in [5.74, 6) is 0.624. The van der Waals surface area contributed by atoms with Crippen molar-refractivity contribution >= 4 is 21.2 Å². The Balaban J connectivity index is 1.96. The van der Waals surface area contributed by atoms with Crippen LogP contribution in [0.2, 0.25) is 0 Å². The van der Waals surface area contributed by atoms with Crippen LogP contribution in [0.3, 0.4) is 0 Å². The van der Waals surface area contributed by atoms with Gasteiger partial charge in [0.15, 0.2) is 9.84 Å². The molecular weight excluding hydrogens is 358 g/mol. The summed E-state index contributed by atoms with van der Waals surface area (Å²) in [6, 6.07) is 7.73. The van der Waals surface area contributed by atoms with Gasteiger partial charge in [-0.1, -0.05) is 12.1 Å². The third-order valence-electron chi connectivity index (χ3n) is 3.67. The highest BCUT2D eigenvalue weighted by Gasteiger charge is 2.26. The summed E-state index contributed by atoms with van der Waals surface area (Å²) in [4.78, 5) is 18.7. The number of hydrogen-bond acceptors (Lipinski definition) is 7. The summed E-state index contributed by atoms with van der Waals surface area (Å²) in [6.07, 6.45) is 7.52. The van der Waals surface area contributed by atoms with Crippen LogP contribution >= 0.6 is 0 Å². The Labute approximate surface area is 149 Å². The summed E-state index contributed by atoms with van der Waals surface area (Å²) in [6.45, 7) is 0.218. The zero-order chi connectivity index (χ0) is 18.7. The number of hydrogen-bond donors (Lipinski definition) is 1.